The summed E-state index contributed by atoms with van der Waals surface area (Å²) in [5.74, 6) is -1.05. The Morgan fingerprint density at radius 2 is 1.83 bits per heavy atom. The van der Waals surface area contributed by atoms with Crippen molar-refractivity contribution in [3.8, 4) is 0 Å². The Morgan fingerprint density at radius 1 is 1.28 bits per heavy atom. The van der Waals surface area contributed by atoms with E-state index in [9.17, 15) is 9.59 Å². The number of carbonyl (C=O) groups is 2. The fourth-order valence-corrected chi connectivity index (χ4v) is 1.41. The topological polar surface area (TPSA) is 92.4 Å². The summed E-state index contributed by atoms with van der Waals surface area (Å²) in [5, 5.41) is 11.3. The lowest BCUT2D eigenvalue weighted by atomic mass is 10.0. The summed E-state index contributed by atoms with van der Waals surface area (Å²) in [4.78, 5) is 22.2. The van der Waals surface area contributed by atoms with Gasteiger partial charge in [0.25, 0.3) is 0 Å². The number of nitrogens with one attached hydrogen (secondary N) is 1. The first-order valence-electron chi connectivity index (χ1n) is 5.77. The summed E-state index contributed by atoms with van der Waals surface area (Å²) in [6.07, 6.45) is -0.0280. The normalized spacial score (nSPS) is 12.2. The summed E-state index contributed by atoms with van der Waals surface area (Å²) >= 11 is 0. The first kappa shape index (κ1) is 14.2. The van der Waals surface area contributed by atoms with E-state index < -0.39 is 12.0 Å². The maximum atomic E-state index is 11.7. The highest BCUT2D eigenvalue weighted by molar-refractivity contribution is 5.94. The molecule has 1 amide bonds. The molecular formula is C13H18N2O3. The summed E-state index contributed by atoms with van der Waals surface area (Å²) in [6, 6.07) is 6.13. The quantitative estimate of drug-likeness (QED) is 0.733. The van der Waals surface area contributed by atoms with Gasteiger partial charge < -0.3 is 16.2 Å². The van der Waals surface area contributed by atoms with Gasteiger partial charge in [0.15, 0.2) is 0 Å². The average molecular weight is 250 g/mol. The molecule has 0 spiro atoms. The third kappa shape index (κ3) is 4.18. The summed E-state index contributed by atoms with van der Waals surface area (Å²) in [5.41, 5.74) is 7.02. The first-order chi connectivity index (χ1) is 8.40. The third-order valence-electron chi connectivity index (χ3n) is 2.60. The Bertz CT molecular complexity index is 426. The second kappa shape index (κ2) is 6.16. The SMILES string of the molecule is CC(C)C(N)C(=O)Nc1ccc(CC(=O)O)cc1. The fourth-order valence-electron chi connectivity index (χ4n) is 1.41. The van der Waals surface area contributed by atoms with E-state index in [0.717, 1.165) is 0 Å². The van der Waals surface area contributed by atoms with Crippen LogP contribution in [0.5, 0.6) is 0 Å². The summed E-state index contributed by atoms with van der Waals surface area (Å²) < 4.78 is 0. The molecule has 5 heteroatoms. The second-order valence-electron chi connectivity index (χ2n) is 4.53. The Labute approximate surface area is 106 Å². The molecule has 1 aromatic carbocycles. The molecule has 5 nitrogen and oxygen atoms in total. The van der Waals surface area contributed by atoms with E-state index in [2.05, 4.69) is 5.32 Å². The van der Waals surface area contributed by atoms with Gasteiger partial charge in [-0.3, -0.25) is 9.59 Å². The zero-order valence-corrected chi connectivity index (χ0v) is 10.5. The van der Waals surface area contributed by atoms with Crippen molar-refractivity contribution in [2.75, 3.05) is 5.32 Å². The van der Waals surface area contributed by atoms with Gasteiger partial charge >= 0.3 is 5.97 Å². The van der Waals surface area contributed by atoms with Crippen LogP contribution in [-0.2, 0) is 16.0 Å². The number of carboxylic acid groups (broad SMARTS) is 1. The predicted octanol–water partition coefficient (Wildman–Crippen LogP) is 1.24. The minimum atomic E-state index is -0.881. The molecule has 1 atom stereocenters. The molecule has 0 bridgehead atoms. The number of hydrogen-bond donors (Lipinski definition) is 3. The molecule has 4 N–H and O–H groups in total. The molecule has 0 aliphatic rings. The number of nitrogens with two attached hydrogens (primary N) is 1. The smallest absolute Gasteiger partial charge is 0.307 e. The highest BCUT2D eigenvalue weighted by Gasteiger charge is 2.16. The van der Waals surface area contributed by atoms with Gasteiger partial charge in [-0.25, -0.2) is 0 Å². The minimum Gasteiger partial charge on any atom is -0.481 e. The standard InChI is InChI=1S/C13H18N2O3/c1-8(2)12(14)13(18)15-10-5-3-9(4-6-10)7-11(16)17/h3-6,8,12H,7,14H2,1-2H3,(H,15,18)(H,16,17). The van der Waals surface area contributed by atoms with Crippen molar-refractivity contribution >= 4 is 17.6 Å². The van der Waals surface area contributed by atoms with Crippen LogP contribution in [0, 0.1) is 5.92 Å². The maximum Gasteiger partial charge on any atom is 0.307 e. The van der Waals surface area contributed by atoms with E-state index in [-0.39, 0.29) is 18.2 Å². The fraction of sp³-hybridized carbons (Fsp3) is 0.385. The molecule has 1 rings (SSSR count). The van der Waals surface area contributed by atoms with E-state index >= 15 is 0 Å². The Morgan fingerprint density at radius 3 is 2.28 bits per heavy atom. The summed E-state index contributed by atoms with van der Waals surface area (Å²) in [7, 11) is 0. The number of hydrogen-bond acceptors (Lipinski definition) is 3. The van der Waals surface area contributed by atoms with Gasteiger partial charge in [0.05, 0.1) is 12.5 Å². The van der Waals surface area contributed by atoms with Crippen LogP contribution in [0.3, 0.4) is 0 Å². The van der Waals surface area contributed by atoms with Gasteiger partial charge in [-0.05, 0) is 23.6 Å². The van der Waals surface area contributed by atoms with Crippen molar-refractivity contribution in [2.45, 2.75) is 26.3 Å². The number of aliphatic carboxylic acids is 1. The number of anilines is 1. The molecular weight excluding hydrogens is 232 g/mol. The molecule has 0 aromatic heterocycles. The lowest BCUT2D eigenvalue weighted by Gasteiger charge is -2.15. The van der Waals surface area contributed by atoms with Crippen LogP contribution < -0.4 is 11.1 Å². The molecule has 0 saturated carbocycles. The molecule has 18 heavy (non-hydrogen) atoms. The highest BCUT2D eigenvalue weighted by Crippen LogP contribution is 2.11. The zero-order valence-electron chi connectivity index (χ0n) is 10.5. The number of carbonyl (C=O) groups excluding carboxylic acids is 1. The Kier molecular flexibility index (Phi) is 4.85. The van der Waals surface area contributed by atoms with E-state index in [1.807, 2.05) is 13.8 Å². The number of carboxylic acids is 1. The van der Waals surface area contributed by atoms with E-state index in [1.54, 1.807) is 24.3 Å². The minimum absolute atomic E-state index is 0.0280. The van der Waals surface area contributed by atoms with E-state index in [1.165, 1.54) is 0 Å². The molecule has 0 aliphatic carbocycles. The third-order valence-corrected chi connectivity index (χ3v) is 2.60. The van der Waals surface area contributed by atoms with Crippen LogP contribution in [0.15, 0.2) is 24.3 Å². The molecule has 0 heterocycles. The molecule has 1 aromatic rings. The van der Waals surface area contributed by atoms with Gasteiger partial charge in [0.1, 0.15) is 0 Å². The number of benzene rings is 1. The van der Waals surface area contributed by atoms with Crippen molar-refractivity contribution in [1.82, 2.24) is 0 Å². The lowest BCUT2D eigenvalue weighted by molar-refractivity contribution is -0.136. The van der Waals surface area contributed by atoms with Crippen molar-refractivity contribution < 1.29 is 14.7 Å². The van der Waals surface area contributed by atoms with Crippen LogP contribution >= 0.6 is 0 Å². The molecule has 0 radical (unpaired) electrons. The molecule has 98 valence electrons. The first-order valence-corrected chi connectivity index (χ1v) is 5.77. The van der Waals surface area contributed by atoms with Crippen LogP contribution in [0.4, 0.5) is 5.69 Å². The largest absolute Gasteiger partial charge is 0.481 e. The molecule has 0 fully saturated rings. The van der Waals surface area contributed by atoms with E-state index in [0.29, 0.717) is 11.3 Å². The van der Waals surface area contributed by atoms with Gasteiger partial charge in [0, 0.05) is 5.69 Å². The molecule has 0 saturated heterocycles. The molecule has 0 aliphatic heterocycles. The van der Waals surface area contributed by atoms with Gasteiger partial charge in [-0.2, -0.15) is 0 Å². The van der Waals surface area contributed by atoms with Gasteiger partial charge in [0.2, 0.25) is 5.91 Å². The van der Waals surface area contributed by atoms with Crippen molar-refractivity contribution in [1.29, 1.82) is 0 Å². The predicted molar refractivity (Wildman–Crippen MR) is 69.2 cm³/mol. The van der Waals surface area contributed by atoms with Crippen LogP contribution in [0.2, 0.25) is 0 Å². The average Bonchev–Trinajstić information content (AvgIpc) is 2.29. The van der Waals surface area contributed by atoms with Gasteiger partial charge in [-0.1, -0.05) is 26.0 Å². The number of amides is 1. The monoisotopic (exact) mass is 250 g/mol. The van der Waals surface area contributed by atoms with Crippen molar-refractivity contribution in [2.24, 2.45) is 11.7 Å². The number of rotatable bonds is 5. The maximum absolute atomic E-state index is 11.7. The molecule has 1 unspecified atom stereocenters. The Hall–Kier alpha value is -1.88. The van der Waals surface area contributed by atoms with Crippen molar-refractivity contribution in [3.05, 3.63) is 29.8 Å². The summed E-state index contributed by atoms with van der Waals surface area (Å²) in [6.45, 7) is 3.75. The van der Waals surface area contributed by atoms with Crippen molar-refractivity contribution in [3.63, 3.8) is 0 Å². The highest BCUT2D eigenvalue weighted by atomic mass is 16.4. The van der Waals surface area contributed by atoms with Crippen LogP contribution in [0.1, 0.15) is 19.4 Å². The van der Waals surface area contributed by atoms with Crippen LogP contribution in [-0.4, -0.2) is 23.0 Å². The van der Waals surface area contributed by atoms with Gasteiger partial charge in [-0.15, -0.1) is 0 Å². The Balaban J connectivity index is 2.63. The zero-order chi connectivity index (χ0) is 13.7. The lowest BCUT2D eigenvalue weighted by Crippen LogP contribution is -2.39. The van der Waals surface area contributed by atoms with E-state index in [4.69, 9.17) is 10.8 Å². The second-order valence-corrected chi connectivity index (χ2v) is 4.53. The van der Waals surface area contributed by atoms with Crippen LogP contribution in [0.25, 0.3) is 0 Å².